The van der Waals surface area contributed by atoms with Crippen LogP contribution >= 0.6 is 23.7 Å². The van der Waals surface area contributed by atoms with Gasteiger partial charge in [0.25, 0.3) is 0 Å². The molecule has 6 nitrogen and oxygen atoms in total. The smallest absolute Gasteiger partial charge is 0.307 e. The fourth-order valence-corrected chi connectivity index (χ4v) is 4.56. The number of rotatable bonds is 6. The maximum Gasteiger partial charge on any atom is 0.307 e. The van der Waals surface area contributed by atoms with E-state index in [1.807, 2.05) is 5.38 Å². The lowest BCUT2D eigenvalue weighted by atomic mass is 9.82. The van der Waals surface area contributed by atoms with Crippen molar-refractivity contribution in [1.29, 1.82) is 5.26 Å². The van der Waals surface area contributed by atoms with Gasteiger partial charge in [0, 0.05) is 29.3 Å². The summed E-state index contributed by atoms with van der Waals surface area (Å²) >= 11 is 1.32. The summed E-state index contributed by atoms with van der Waals surface area (Å²) in [6.45, 7) is 3.41. The zero-order chi connectivity index (χ0) is 22.9. The molecule has 0 aliphatic rings. The van der Waals surface area contributed by atoms with Crippen LogP contribution in [0.1, 0.15) is 34.8 Å². The van der Waals surface area contributed by atoms with Gasteiger partial charge in [0.1, 0.15) is 23.8 Å². The van der Waals surface area contributed by atoms with Gasteiger partial charge in [0.2, 0.25) is 5.82 Å². The molecule has 2 N–H and O–H groups in total. The van der Waals surface area contributed by atoms with Crippen molar-refractivity contribution in [2.45, 2.75) is 31.9 Å². The first-order valence-electron chi connectivity index (χ1n) is 9.85. The molecular formula is C23H21Cl2F2N5OS. The molecule has 0 amide bonds. The molecule has 0 spiro atoms. The number of aromatic nitrogens is 4. The molecule has 0 saturated carbocycles. The minimum atomic E-state index is -1.81. The lowest BCUT2D eigenvalue weighted by Gasteiger charge is -2.32. The molecular weight excluding hydrogens is 503 g/mol. The van der Waals surface area contributed by atoms with Gasteiger partial charge in [-0.1, -0.05) is 19.1 Å². The molecule has 4 aromatic rings. The summed E-state index contributed by atoms with van der Waals surface area (Å²) in [6, 6.07) is 12.1. The van der Waals surface area contributed by atoms with Crippen molar-refractivity contribution in [3.05, 3.63) is 87.8 Å². The van der Waals surface area contributed by atoms with E-state index in [9.17, 15) is 13.9 Å². The van der Waals surface area contributed by atoms with Crippen LogP contribution in [-0.2, 0) is 12.1 Å². The Morgan fingerprint density at radius 2 is 1.94 bits per heavy atom. The number of aromatic amines is 1. The van der Waals surface area contributed by atoms with E-state index in [0.29, 0.717) is 22.1 Å². The maximum absolute atomic E-state index is 14.8. The Morgan fingerprint density at radius 3 is 2.56 bits per heavy atom. The van der Waals surface area contributed by atoms with E-state index in [0.717, 1.165) is 23.8 Å². The van der Waals surface area contributed by atoms with Crippen LogP contribution < -0.4 is 17.1 Å². The van der Waals surface area contributed by atoms with Crippen molar-refractivity contribution < 1.29 is 31.0 Å². The number of H-pyrrole nitrogens is 1. The average Bonchev–Trinajstić information content (AvgIpc) is 3.44. The predicted molar refractivity (Wildman–Crippen MR) is 122 cm³/mol. The van der Waals surface area contributed by atoms with Crippen molar-refractivity contribution in [1.82, 2.24) is 15.1 Å². The SMILES string of the molecule is Cc1nc[n+](C[C@](O)(c2cc(F)ccc2F)[C@@H](C)c2nc(-c3ccc(C#N)cc3)cs2)[nH]1.Cl.[Cl-]. The van der Waals surface area contributed by atoms with Gasteiger partial charge in [-0.15, -0.1) is 23.7 Å². The summed E-state index contributed by atoms with van der Waals surface area (Å²) in [5, 5.41) is 26.1. The third kappa shape index (κ3) is 5.42. The molecule has 178 valence electrons. The highest BCUT2D eigenvalue weighted by molar-refractivity contribution is 7.10. The summed E-state index contributed by atoms with van der Waals surface area (Å²) in [7, 11) is 0. The lowest BCUT2D eigenvalue weighted by Crippen LogP contribution is -3.00. The molecule has 11 heteroatoms. The van der Waals surface area contributed by atoms with E-state index < -0.39 is 23.2 Å². The van der Waals surface area contributed by atoms with E-state index in [2.05, 4.69) is 21.1 Å². The molecule has 0 radical (unpaired) electrons. The molecule has 34 heavy (non-hydrogen) atoms. The number of nitrogens with one attached hydrogen (secondary N) is 1. The van der Waals surface area contributed by atoms with Crippen LogP contribution in [0.2, 0.25) is 0 Å². The Kier molecular flexibility index (Phi) is 8.86. The standard InChI is InChI=1S/C23H19F2N5OS.2ClH/c1-14(22-28-21(11-32-22)17-5-3-16(10-26)4-6-17)23(31,12-30-13-27-15(2)29-30)19-9-18(24)7-8-20(19)25;;/h3-9,11,13-14,31H,12H2,1-2H3;2*1H/t14-,23+;;/m0../s1. The number of hydrogen-bond acceptors (Lipinski definition) is 5. The monoisotopic (exact) mass is 523 g/mol. The molecule has 2 atom stereocenters. The molecule has 2 heterocycles. The average molecular weight is 524 g/mol. The molecule has 0 unspecified atom stereocenters. The van der Waals surface area contributed by atoms with Crippen LogP contribution in [0.15, 0.2) is 54.2 Å². The topological polar surface area (TPSA) is 89.5 Å². The van der Waals surface area contributed by atoms with Crippen LogP contribution in [0.5, 0.6) is 0 Å². The number of halogens is 4. The van der Waals surface area contributed by atoms with Crippen molar-refractivity contribution >= 4 is 23.7 Å². The van der Waals surface area contributed by atoms with Gasteiger partial charge in [-0.25, -0.2) is 13.8 Å². The molecule has 0 fully saturated rings. The van der Waals surface area contributed by atoms with Crippen molar-refractivity contribution in [3.63, 3.8) is 0 Å². The first-order valence-corrected chi connectivity index (χ1v) is 10.7. The predicted octanol–water partition coefficient (Wildman–Crippen LogP) is 1.40. The van der Waals surface area contributed by atoms with Gasteiger partial charge in [0.05, 0.1) is 22.3 Å². The molecule has 0 aliphatic carbocycles. The van der Waals surface area contributed by atoms with E-state index in [1.54, 1.807) is 38.1 Å². The fourth-order valence-electron chi connectivity index (χ4n) is 3.59. The quantitative estimate of drug-likeness (QED) is 0.374. The second-order valence-corrected chi connectivity index (χ2v) is 8.49. The third-order valence-electron chi connectivity index (χ3n) is 5.42. The van der Waals surface area contributed by atoms with Crippen molar-refractivity contribution in [3.8, 4) is 17.3 Å². The Bertz CT molecular complexity index is 1310. The normalized spacial score (nSPS) is 13.2. The minimum absolute atomic E-state index is 0. The summed E-state index contributed by atoms with van der Waals surface area (Å²) in [5.74, 6) is -1.40. The van der Waals surface area contributed by atoms with Crippen molar-refractivity contribution in [2.75, 3.05) is 0 Å². The molecule has 4 rings (SSSR count). The summed E-state index contributed by atoms with van der Waals surface area (Å²) in [5.41, 5.74) is 0.0711. The lowest BCUT2D eigenvalue weighted by molar-refractivity contribution is -0.765. The van der Waals surface area contributed by atoms with Crippen LogP contribution in [0.4, 0.5) is 8.78 Å². The Labute approximate surface area is 211 Å². The van der Waals surface area contributed by atoms with Crippen LogP contribution in [0, 0.1) is 29.9 Å². The highest BCUT2D eigenvalue weighted by Gasteiger charge is 2.43. The summed E-state index contributed by atoms with van der Waals surface area (Å²) in [4.78, 5) is 8.77. The number of aryl methyl sites for hydroxylation is 1. The highest BCUT2D eigenvalue weighted by atomic mass is 35.5. The zero-order valence-corrected chi connectivity index (χ0v) is 20.6. The van der Waals surface area contributed by atoms with Crippen molar-refractivity contribution in [2.24, 2.45) is 0 Å². The van der Waals surface area contributed by atoms with Crippen LogP contribution in [0.25, 0.3) is 11.3 Å². The van der Waals surface area contributed by atoms with E-state index in [-0.39, 0.29) is 36.9 Å². The summed E-state index contributed by atoms with van der Waals surface area (Å²) in [6.07, 6.45) is 1.49. The molecule has 2 aromatic carbocycles. The van der Waals surface area contributed by atoms with Gasteiger partial charge in [-0.2, -0.15) is 15.0 Å². The second-order valence-electron chi connectivity index (χ2n) is 7.60. The largest absolute Gasteiger partial charge is 1.00 e. The Morgan fingerprint density at radius 1 is 1.24 bits per heavy atom. The fraction of sp³-hybridized carbons (Fsp3) is 0.217. The van der Waals surface area contributed by atoms with Gasteiger partial charge in [0.15, 0.2) is 0 Å². The molecule has 2 aromatic heterocycles. The van der Waals surface area contributed by atoms with E-state index >= 15 is 0 Å². The number of aliphatic hydroxyl groups is 1. The first-order chi connectivity index (χ1) is 15.3. The minimum Gasteiger partial charge on any atom is -1.00 e. The molecule has 0 saturated heterocycles. The van der Waals surface area contributed by atoms with Crippen LogP contribution in [-0.4, -0.2) is 20.2 Å². The first kappa shape index (κ1) is 27.3. The highest BCUT2D eigenvalue weighted by Crippen LogP contribution is 2.40. The third-order valence-corrected chi connectivity index (χ3v) is 6.45. The zero-order valence-electron chi connectivity index (χ0n) is 18.2. The second kappa shape index (κ2) is 11.0. The number of thiazole rings is 1. The van der Waals surface area contributed by atoms with Gasteiger partial charge < -0.3 is 17.5 Å². The molecule has 0 bridgehead atoms. The van der Waals surface area contributed by atoms with Gasteiger partial charge in [-0.3, -0.25) is 0 Å². The number of nitrogens with zero attached hydrogens (tertiary/aromatic N) is 4. The number of nitriles is 1. The van der Waals surface area contributed by atoms with Gasteiger partial charge in [-0.05, 0) is 35.3 Å². The summed E-state index contributed by atoms with van der Waals surface area (Å²) < 4.78 is 30.4. The van der Waals surface area contributed by atoms with E-state index in [4.69, 9.17) is 5.26 Å². The number of benzene rings is 2. The van der Waals surface area contributed by atoms with Crippen LogP contribution in [0.3, 0.4) is 0 Å². The van der Waals surface area contributed by atoms with Gasteiger partial charge >= 0.3 is 6.33 Å². The molecule has 0 aliphatic heterocycles. The maximum atomic E-state index is 14.8. The Balaban J connectivity index is 0.00000204. The number of hydrogen-bond donors (Lipinski definition) is 2. The van der Waals surface area contributed by atoms with E-state index in [1.165, 1.54) is 22.3 Å². The Hall–Kier alpha value is -2.90.